The van der Waals surface area contributed by atoms with E-state index in [2.05, 4.69) is 17.0 Å². The number of rotatable bonds is 6. The molecular weight excluding hydrogens is 618 g/mol. The van der Waals surface area contributed by atoms with Crippen molar-refractivity contribution < 1.29 is 32.6 Å². The van der Waals surface area contributed by atoms with E-state index in [1.165, 1.54) is 19.2 Å². The Morgan fingerprint density at radius 2 is 1.83 bits per heavy atom. The number of amides is 2. The van der Waals surface area contributed by atoms with Gasteiger partial charge in [0.15, 0.2) is 17.3 Å². The number of fused-ring (bicyclic) bond motifs is 1. The second-order valence-electron chi connectivity index (χ2n) is 9.70. The molecule has 1 aliphatic heterocycles. The van der Waals surface area contributed by atoms with Crippen LogP contribution in [-0.2, 0) is 21.2 Å². The molecule has 0 spiro atoms. The smallest absolute Gasteiger partial charge is 0.417 e. The molecule has 1 fully saturated rings. The van der Waals surface area contributed by atoms with Crippen LogP contribution >= 0.6 is 34.8 Å². The highest BCUT2D eigenvalue weighted by Gasteiger charge is 2.66. The largest absolute Gasteiger partial charge is 0.503 e. The molecule has 2 N–H and O–H groups in total. The van der Waals surface area contributed by atoms with Crippen LogP contribution in [0.4, 0.5) is 19.0 Å². The van der Waals surface area contributed by atoms with Crippen molar-refractivity contribution in [1.82, 2.24) is 9.99 Å². The first-order valence-electron chi connectivity index (χ1n) is 12.4. The zero-order valence-corrected chi connectivity index (χ0v) is 23.9. The first kappa shape index (κ1) is 29.8. The van der Waals surface area contributed by atoms with Gasteiger partial charge in [-0.25, -0.2) is 4.98 Å². The number of anilines is 1. The molecule has 7 nitrogen and oxygen atoms in total. The number of halogens is 6. The number of nitrogens with zero attached hydrogens (tertiary/aromatic N) is 2. The lowest BCUT2D eigenvalue weighted by Crippen LogP contribution is -2.48. The third-order valence-corrected chi connectivity index (χ3v) is 8.38. The molecule has 218 valence electrons. The first-order chi connectivity index (χ1) is 19.8. The number of allylic oxidation sites excluding steroid dienone is 3. The summed E-state index contributed by atoms with van der Waals surface area (Å²) in [5.41, 5.74) is 1.32. The summed E-state index contributed by atoms with van der Waals surface area (Å²) in [6.07, 6.45) is -0.684. The maximum atomic E-state index is 14.6. The molecule has 3 atom stereocenters. The molecule has 0 bridgehead atoms. The van der Waals surface area contributed by atoms with Gasteiger partial charge in [-0.2, -0.15) is 18.2 Å². The van der Waals surface area contributed by atoms with Gasteiger partial charge in [-0.1, -0.05) is 65.7 Å². The lowest BCUT2D eigenvalue weighted by Gasteiger charge is -2.43. The van der Waals surface area contributed by atoms with Crippen molar-refractivity contribution in [3.05, 3.63) is 105 Å². The second-order valence-corrected chi connectivity index (χ2v) is 11.0. The summed E-state index contributed by atoms with van der Waals surface area (Å²) in [5.74, 6) is -3.83. The van der Waals surface area contributed by atoms with Gasteiger partial charge in [0.2, 0.25) is 0 Å². The molecule has 5 rings (SSSR count). The molecule has 2 aliphatic rings. The average Bonchev–Trinajstić information content (AvgIpc) is 3.16. The number of phenolic OH excluding ortho intramolecular Hbond substituents is 1. The van der Waals surface area contributed by atoms with E-state index in [4.69, 9.17) is 39.5 Å². The number of hydrogen-bond donors (Lipinski definition) is 2. The lowest BCUT2D eigenvalue weighted by molar-refractivity contribution is -0.139. The minimum Gasteiger partial charge on any atom is -0.503 e. The Balaban J connectivity index is 1.72. The summed E-state index contributed by atoms with van der Waals surface area (Å²) in [6, 6.07) is 10.1. The number of alkyl halides is 3. The van der Waals surface area contributed by atoms with Gasteiger partial charge in [0.25, 0.3) is 11.8 Å². The standard InChI is InChI=1S/C29H21Cl3F3N3O4/c1-3-14-4-9-19-26(40)38(37-25-21(32)12-17(13-36-25)29(33,34)35)27(41)28(19,16-5-7-18(30)8-6-16)23(14)15-10-20(31)24(39)22(11-15)42-2/h3-8,10-13,19,23,39H,1,9H2,2H3,(H,36,37). The minimum atomic E-state index is -4.70. The Labute approximate surface area is 253 Å². The van der Waals surface area contributed by atoms with Gasteiger partial charge in [0.05, 0.1) is 34.1 Å². The van der Waals surface area contributed by atoms with Crippen LogP contribution < -0.4 is 10.2 Å². The number of pyridine rings is 1. The van der Waals surface area contributed by atoms with E-state index in [-0.39, 0.29) is 28.8 Å². The first-order valence-corrected chi connectivity index (χ1v) is 13.5. The molecule has 1 saturated heterocycles. The zero-order valence-electron chi connectivity index (χ0n) is 21.7. The summed E-state index contributed by atoms with van der Waals surface area (Å²) >= 11 is 18.6. The number of methoxy groups -OCH3 is 1. The fourth-order valence-electron chi connectivity index (χ4n) is 5.71. The quantitative estimate of drug-likeness (QED) is 0.275. The highest BCUT2D eigenvalue weighted by atomic mass is 35.5. The number of imide groups is 1. The second kappa shape index (κ2) is 10.8. The number of aromatic nitrogens is 1. The van der Waals surface area contributed by atoms with E-state index < -0.39 is 45.8 Å². The molecule has 3 unspecified atom stereocenters. The topological polar surface area (TPSA) is 91.8 Å². The Morgan fingerprint density at radius 1 is 1.14 bits per heavy atom. The SMILES string of the molecule is C=CC1=CCC2C(=O)N(Nc3ncc(C(F)(F)F)cc3Cl)C(=O)C2(c2ccc(Cl)cc2)C1c1cc(Cl)c(O)c(OC)c1. The van der Waals surface area contributed by atoms with Gasteiger partial charge < -0.3 is 9.84 Å². The lowest BCUT2D eigenvalue weighted by atomic mass is 9.56. The van der Waals surface area contributed by atoms with Gasteiger partial charge in [-0.3, -0.25) is 15.0 Å². The number of ether oxygens (including phenoxy) is 1. The highest BCUT2D eigenvalue weighted by Crippen LogP contribution is 2.58. The van der Waals surface area contributed by atoms with Crippen molar-refractivity contribution >= 4 is 52.4 Å². The van der Waals surface area contributed by atoms with Crippen LogP contribution in [0.2, 0.25) is 15.1 Å². The van der Waals surface area contributed by atoms with Crippen molar-refractivity contribution in [2.45, 2.75) is 23.9 Å². The van der Waals surface area contributed by atoms with Crippen molar-refractivity contribution in [3.63, 3.8) is 0 Å². The van der Waals surface area contributed by atoms with Crippen LogP contribution in [0.3, 0.4) is 0 Å². The van der Waals surface area contributed by atoms with E-state index in [1.54, 1.807) is 36.4 Å². The van der Waals surface area contributed by atoms with E-state index >= 15 is 0 Å². The van der Waals surface area contributed by atoms with E-state index in [1.807, 2.05) is 0 Å². The van der Waals surface area contributed by atoms with Crippen molar-refractivity contribution in [1.29, 1.82) is 0 Å². The Hall–Kier alpha value is -3.73. The number of carbonyl (C=O) groups excluding carboxylic acids is 2. The Bertz CT molecular complexity index is 1650. The highest BCUT2D eigenvalue weighted by molar-refractivity contribution is 6.33. The third-order valence-electron chi connectivity index (χ3n) is 7.55. The van der Waals surface area contributed by atoms with Crippen LogP contribution in [-0.4, -0.2) is 34.0 Å². The molecule has 1 aromatic heterocycles. The predicted octanol–water partition coefficient (Wildman–Crippen LogP) is 7.32. The number of hydrazine groups is 1. The third kappa shape index (κ3) is 4.67. The molecule has 3 aromatic rings. The minimum absolute atomic E-state index is 0.0433. The number of aromatic hydroxyl groups is 1. The number of nitrogens with one attached hydrogen (secondary N) is 1. The molecular formula is C29H21Cl3F3N3O4. The monoisotopic (exact) mass is 637 g/mol. The molecule has 0 saturated carbocycles. The van der Waals surface area contributed by atoms with E-state index in [0.717, 1.165) is 5.01 Å². The summed E-state index contributed by atoms with van der Waals surface area (Å²) in [7, 11) is 1.34. The summed E-state index contributed by atoms with van der Waals surface area (Å²) in [6.45, 7) is 3.92. The maximum absolute atomic E-state index is 14.6. The molecule has 2 heterocycles. The van der Waals surface area contributed by atoms with Crippen LogP contribution in [0.25, 0.3) is 0 Å². The Morgan fingerprint density at radius 3 is 2.43 bits per heavy atom. The van der Waals surface area contributed by atoms with E-state index in [0.29, 0.717) is 34.0 Å². The normalized spacial score (nSPS) is 22.1. The maximum Gasteiger partial charge on any atom is 0.417 e. The molecule has 42 heavy (non-hydrogen) atoms. The van der Waals surface area contributed by atoms with Gasteiger partial charge in [0, 0.05) is 17.1 Å². The van der Waals surface area contributed by atoms with Crippen LogP contribution in [0.15, 0.2) is 73.0 Å². The van der Waals surface area contributed by atoms with Crippen molar-refractivity contribution in [2.75, 3.05) is 12.5 Å². The van der Waals surface area contributed by atoms with Crippen molar-refractivity contribution in [2.24, 2.45) is 5.92 Å². The van der Waals surface area contributed by atoms with Crippen molar-refractivity contribution in [3.8, 4) is 11.5 Å². The number of phenols is 1. The fourth-order valence-corrected chi connectivity index (χ4v) is 6.26. The average molecular weight is 639 g/mol. The summed E-state index contributed by atoms with van der Waals surface area (Å²) < 4.78 is 44.9. The fraction of sp³-hybridized carbons (Fsp3) is 0.207. The van der Waals surface area contributed by atoms with Crippen LogP contribution in [0.1, 0.15) is 29.0 Å². The molecule has 13 heteroatoms. The van der Waals surface area contributed by atoms with Crippen LogP contribution in [0.5, 0.6) is 11.5 Å². The number of benzene rings is 2. The van der Waals surface area contributed by atoms with Crippen LogP contribution in [0, 0.1) is 5.92 Å². The van der Waals surface area contributed by atoms with E-state index in [9.17, 15) is 27.9 Å². The number of hydrogen-bond acceptors (Lipinski definition) is 6. The van der Waals surface area contributed by atoms with Gasteiger partial charge in [-0.15, -0.1) is 0 Å². The molecule has 1 aliphatic carbocycles. The molecule has 2 amide bonds. The van der Waals surface area contributed by atoms with Gasteiger partial charge in [0.1, 0.15) is 0 Å². The van der Waals surface area contributed by atoms with Gasteiger partial charge >= 0.3 is 6.18 Å². The molecule has 0 radical (unpaired) electrons. The number of carbonyl (C=O) groups is 2. The Kier molecular flexibility index (Phi) is 7.67. The zero-order chi connectivity index (χ0) is 30.6. The summed E-state index contributed by atoms with van der Waals surface area (Å²) in [5, 5.41) is 11.0. The summed E-state index contributed by atoms with van der Waals surface area (Å²) in [4.78, 5) is 32.3. The van der Waals surface area contributed by atoms with Gasteiger partial charge in [-0.05, 0) is 53.5 Å². The molecule has 2 aromatic carbocycles. The predicted molar refractivity (Wildman–Crippen MR) is 152 cm³/mol.